The molecule has 1 aromatic carbocycles. The van der Waals surface area contributed by atoms with Crippen LogP contribution >= 0.6 is 0 Å². The van der Waals surface area contributed by atoms with Gasteiger partial charge in [0.15, 0.2) is 0 Å². The van der Waals surface area contributed by atoms with Crippen LogP contribution in [0, 0.1) is 13.8 Å². The normalized spacial score (nSPS) is 10.8. The van der Waals surface area contributed by atoms with Crippen LogP contribution in [-0.2, 0) is 13.2 Å². The predicted octanol–water partition coefficient (Wildman–Crippen LogP) is 3.98. The number of nitrogens with one attached hydrogen (secondary N) is 1. The molecule has 0 aliphatic heterocycles. The molecule has 0 unspecified atom stereocenters. The summed E-state index contributed by atoms with van der Waals surface area (Å²) in [5.74, 6) is 1.91. The zero-order valence-corrected chi connectivity index (χ0v) is 12.5. The Bertz CT molecular complexity index is 546. The third-order valence-corrected chi connectivity index (χ3v) is 3.49. The second-order valence-electron chi connectivity index (χ2n) is 5.03. The topological polar surface area (TPSA) is 34.4 Å². The van der Waals surface area contributed by atoms with E-state index < -0.39 is 0 Å². The van der Waals surface area contributed by atoms with E-state index in [0.29, 0.717) is 6.61 Å². The number of aryl methyl sites for hydroxylation is 1. The Morgan fingerprint density at radius 3 is 2.85 bits per heavy atom. The van der Waals surface area contributed by atoms with Crippen LogP contribution in [0.25, 0.3) is 0 Å². The molecule has 2 rings (SSSR count). The monoisotopic (exact) mass is 273 g/mol. The van der Waals surface area contributed by atoms with Gasteiger partial charge in [0.25, 0.3) is 0 Å². The lowest BCUT2D eigenvalue weighted by Gasteiger charge is -2.11. The first-order chi connectivity index (χ1) is 9.72. The Morgan fingerprint density at radius 2 is 2.05 bits per heavy atom. The second kappa shape index (κ2) is 7.15. The van der Waals surface area contributed by atoms with E-state index in [-0.39, 0.29) is 0 Å². The number of hydrogen-bond acceptors (Lipinski definition) is 3. The van der Waals surface area contributed by atoms with Gasteiger partial charge in [0, 0.05) is 5.56 Å². The van der Waals surface area contributed by atoms with Crippen molar-refractivity contribution in [2.24, 2.45) is 0 Å². The zero-order chi connectivity index (χ0) is 14.4. The van der Waals surface area contributed by atoms with Crippen LogP contribution in [0.4, 0.5) is 0 Å². The lowest BCUT2D eigenvalue weighted by Crippen LogP contribution is -2.14. The highest BCUT2D eigenvalue weighted by molar-refractivity contribution is 5.38. The Morgan fingerprint density at radius 1 is 1.20 bits per heavy atom. The van der Waals surface area contributed by atoms with Gasteiger partial charge in [-0.05, 0) is 50.1 Å². The fourth-order valence-corrected chi connectivity index (χ4v) is 2.07. The van der Waals surface area contributed by atoms with Gasteiger partial charge in [0.2, 0.25) is 0 Å². The van der Waals surface area contributed by atoms with Crippen molar-refractivity contribution in [3.8, 4) is 5.75 Å². The second-order valence-corrected chi connectivity index (χ2v) is 5.03. The molecule has 0 amide bonds. The highest BCUT2D eigenvalue weighted by Gasteiger charge is 2.08. The summed E-state index contributed by atoms with van der Waals surface area (Å²) in [4.78, 5) is 0. The van der Waals surface area contributed by atoms with Gasteiger partial charge in [-0.2, -0.15) is 0 Å². The summed E-state index contributed by atoms with van der Waals surface area (Å²) in [7, 11) is 0. The first kappa shape index (κ1) is 14.7. The van der Waals surface area contributed by atoms with Gasteiger partial charge in [-0.1, -0.05) is 19.1 Å². The van der Waals surface area contributed by atoms with E-state index in [0.717, 1.165) is 36.6 Å². The molecule has 0 spiro atoms. The molecule has 108 valence electrons. The van der Waals surface area contributed by atoms with Crippen LogP contribution in [0.15, 0.2) is 34.9 Å². The largest absolute Gasteiger partial charge is 0.488 e. The smallest absolute Gasteiger partial charge is 0.124 e. The van der Waals surface area contributed by atoms with Crippen molar-refractivity contribution < 1.29 is 9.15 Å². The molecule has 1 N–H and O–H groups in total. The van der Waals surface area contributed by atoms with E-state index >= 15 is 0 Å². The van der Waals surface area contributed by atoms with Crippen LogP contribution in [-0.4, -0.2) is 6.54 Å². The molecule has 20 heavy (non-hydrogen) atoms. The van der Waals surface area contributed by atoms with Crippen LogP contribution in [0.1, 0.15) is 35.8 Å². The molecule has 1 heterocycles. The van der Waals surface area contributed by atoms with Gasteiger partial charge in [-0.25, -0.2) is 0 Å². The molecule has 1 aromatic heterocycles. The molecule has 3 heteroatoms. The van der Waals surface area contributed by atoms with Gasteiger partial charge in [-0.15, -0.1) is 0 Å². The summed E-state index contributed by atoms with van der Waals surface area (Å²) in [5, 5.41) is 3.35. The fraction of sp³-hybridized carbons (Fsp3) is 0.412. The average Bonchev–Trinajstić information content (AvgIpc) is 2.88. The molecular formula is C17H23NO2. The van der Waals surface area contributed by atoms with Crippen molar-refractivity contribution in [1.82, 2.24) is 5.32 Å². The van der Waals surface area contributed by atoms with E-state index in [1.54, 1.807) is 6.26 Å². The van der Waals surface area contributed by atoms with Crippen molar-refractivity contribution in [3.63, 3.8) is 0 Å². The summed E-state index contributed by atoms with van der Waals surface area (Å²) >= 11 is 0. The maximum absolute atomic E-state index is 5.92. The predicted molar refractivity (Wildman–Crippen MR) is 81.0 cm³/mol. The number of furan rings is 1. The molecular weight excluding hydrogens is 250 g/mol. The van der Waals surface area contributed by atoms with Crippen molar-refractivity contribution in [2.45, 2.75) is 40.3 Å². The van der Waals surface area contributed by atoms with E-state index in [9.17, 15) is 0 Å². The maximum Gasteiger partial charge on any atom is 0.124 e. The van der Waals surface area contributed by atoms with Gasteiger partial charge in [0.05, 0.1) is 12.8 Å². The summed E-state index contributed by atoms with van der Waals surface area (Å²) in [6.45, 7) is 8.64. The highest BCUT2D eigenvalue weighted by Crippen LogP contribution is 2.22. The number of rotatable bonds is 7. The minimum absolute atomic E-state index is 0.546. The summed E-state index contributed by atoms with van der Waals surface area (Å²) in [6.07, 6.45) is 2.85. The molecule has 0 saturated heterocycles. The van der Waals surface area contributed by atoms with Crippen molar-refractivity contribution >= 4 is 0 Å². The van der Waals surface area contributed by atoms with E-state index in [1.165, 1.54) is 11.1 Å². The van der Waals surface area contributed by atoms with Gasteiger partial charge in [0.1, 0.15) is 18.1 Å². The minimum atomic E-state index is 0.546. The third kappa shape index (κ3) is 3.64. The summed E-state index contributed by atoms with van der Waals surface area (Å²) in [6, 6.07) is 8.11. The number of hydrogen-bond donors (Lipinski definition) is 1. The van der Waals surface area contributed by atoms with Crippen LogP contribution in [0.2, 0.25) is 0 Å². The molecule has 0 saturated carbocycles. The Hall–Kier alpha value is -1.74. The lowest BCUT2D eigenvalue weighted by molar-refractivity contribution is 0.299. The Labute approximate surface area is 121 Å². The van der Waals surface area contributed by atoms with E-state index in [4.69, 9.17) is 9.15 Å². The fourth-order valence-electron chi connectivity index (χ4n) is 2.07. The first-order valence-electron chi connectivity index (χ1n) is 7.17. The molecule has 0 atom stereocenters. The quantitative estimate of drug-likeness (QED) is 0.775. The SMILES string of the molecule is CCCNCc1occc1COc1cccc(C)c1C. The molecule has 0 radical (unpaired) electrons. The maximum atomic E-state index is 5.92. The summed E-state index contributed by atoms with van der Waals surface area (Å²) in [5.41, 5.74) is 3.55. The third-order valence-electron chi connectivity index (χ3n) is 3.49. The van der Waals surface area contributed by atoms with Crippen LogP contribution in [0.5, 0.6) is 5.75 Å². The number of benzene rings is 1. The molecule has 0 aliphatic carbocycles. The molecule has 0 fully saturated rings. The Balaban J connectivity index is 1.97. The van der Waals surface area contributed by atoms with Gasteiger partial charge < -0.3 is 14.5 Å². The van der Waals surface area contributed by atoms with E-state index in [1.807, 2.05) is 18.2 Å². The molecule has 0 bridgehead atoms. The van der Waals surface area contributed by atoms with Crippen LogP contribution < -0.4 is 10.1 Å². The molecule has 2 aromatic rings. The highest BCUT2D eigenvalue weighted by atomic mass is 16.5. The van der Waals surface area contributed by atoms with Crippen LogP contribution in [0.3, 0.4) is 0 Å². The minimum Gasteiger partial charge on any atom is -0.488 e. The lowest BCUT2D eigenvalue weighted by atomic mass is 10.1. The van der Waals surface area contributed by atoms with Gasteiger partial charge >= 0.3 is 0 Å². The molecule has 0 aliphatic rings. The van der Waals surface area contributed by atoms with Crippen molar-refractivity contribution in [3.05, 3.63) is 53.0 Å². The summed E-state index contributed by atoms with van der Waals surface area (Å²) < 4.78 is 11.4. The van der Waals surface area contributed by atoms with Gasteiger partial charge in [-0.3, -0.25) is 0 Å². The van der Waals surface area contributed by atoms with E-state index in [2.05, 4.69) is 32.2 Å². The van der Waals surface area contributed by atoms with Crippen molar-refractivity contribution in [2.75, 3.05) is 6.54 Å². The Kier molecular flexibility index (Phi) is 5.24. The van der Waals surface area contributed by atoms with Crippen molar-refractivity contribution in [1.29, 1.82) is 0 Å². The molecule has 3 nitrogen and oxygen atoms in total. The standard InChI is InChI=1S/C17H23NO2/c1-4-9-18-11-17-15(8-10-19-17)12-20-16-7-5-6-13(2)14(16)3/h5-8,10,18H,4,9,11-12H2,1-3H3. The zero-order valence-electron chi connectivity index (χ0n) is 12.5. The first-order valence-corrected chi connectivity index (χ1v) is 7.17. The average molecular weight is 273 g/mol. The number of ether oxygens (including phenoxy) is 1.